The SMILES string of the molecule is O=C1CC/C=C\CN(Cc2ccccc2)C(=O)[C@@H]2N([C@H](CO)c3ccccc3)C(=O)[C@H]3[C@H](C(=O)N[C@H](c4ccccc4)CO1)[C@H]1O[C@@]23C=C1Br. The zero-order valence-electron chi connectivity index (χ0n) is 27.3. The first-order valence-electron chi connectivity index (χ1n) is 16.8. The average Bonchev–Trinajstić information content (AvgIpc) is 3.73. The van der Waals surface area contributed by atoms with Crippen molar-refractivity contribution in [3.63, 3.8) is 0 Å². The molecule has 3 aromatic rings. The number of amides is 3. The Morgan fingerprint density at radius 2 is 1.58 bits per heavy atom. The van der Waals surface area contributed by atoms with Crippen LogP contribution in [0.2, 0.25) is 0 Å². The fourth-order valence-corrected chi connectivity index (χ4v) is 8.49. The molecule has 0 unspecified atom stereocenters. The lowest BCUT2D eigenvalue weighted by Gasteiger charge is -2.39. The molecule has 11 heteroatoms. The highest BCUT2D eigenvalue weighted by atomic mass is 79.9. The number of hydrogen-bond acceptors (Lipinski definition) is 7. The number of rotatable bonds is 6. The topological polar surface area (TPSA) is 125 Å². The van der Waals surface area contributed by atoms with Crippen LogP contribution in [0.25, 0.3) is 0 Å². The minimum atomic E-state index is -1.50. The third-order valence-corrected chi connectivity index (χ3v) is 10.7. The van der Waals surface area contributed by atoms with Gasteiger partial charge in [-0.2, -0.15) is 0 Å². The molecule has 4 aliphatic heterocycles. The van der Waals surface area contributed by atoms with Crippen LogP contribution in [-0.2, 0) is 35.2 Å². The number of halogens is 1. The molecule has 2 fully saturated rings. The van der Waals surface area contributed by atoms with E-state index in [4.69, 9.17) is 9.47 Å². The number of allylic oxidation sites excluding steroid dienone is 1. The van der Waals surface area contributed by atoms with Crippen molar-refractivity contribution in [3.8, 4) is 0 Å². The van der Waals surface area contributed by atoms with E-state index in [1.54, 1.807) is 11.0 Å². The van der Waals surface area contributed by atoms with Gasteiger partial charge in [-0.05, 0) is 29.2 Å². The molecule has 50 heavy (non-hydrogen) atoms. The fraction of sp³-hybridized carbons (Fsp3) is 0.333. The number of cyclic esters (lactones) is 1. The molecule has 3 amide bonds. The molecule has 0 saturated carbocycles. The van der Waals surface area contributed by atoms with E-state index in [2.05, 4.69) is 21.2 Å². The maximum atomic E-state index is 15.1. The van der Waals surface area contributed by atoms with Gasteiger partial charge in [-0.25, -0.2) is 0 Å². The number of fused-ring (bicyclic) bond motifs is 2. The summed E-state index contributed by atoms with van der Waals surface area (Å²) in [6, 6.07) is 25.0. The van der Waals surface area contributed by atoms with Crippen LogP contribution in [0.15, 0.2) is 114 Å². The molecule has 0 radical (unpaired) electrons. The zero-order valence-corrected chi connectivity index (χ0v) is 28.9. The first-order valence-corrected chi connectivity index (χ1v) is 17.6. The van der Waals surface area contributed by atoms with Crippen LogP contribution in [0.5, 0.6) is 0 Å². The second kappa shape index (κ2) is 14.3. The lowest BCUT2D eigenvalue weighted by atomic mass is 9.74. The second-order valence-electron chi connectivity index (χ2n) is 13.1. The van der Waals surface area contributed by atoms with E-state index in [1.807, 2.05) is 103 Å². The Kier molecular flexibility index (Phi) is 9.72. The molecule has 258 valence electrons. The van der Waals surface area contributed by atoms with Crippen LogP contribution in [0, 0.1) is 11.8 Å². The van der Waals surface area contributed by atoms with E-state index in [1.165, 1.54) is 4.90 Å². The van der Waals surface area contributed by atoms with Gasteiger partial charge in [0, 0.05) is 24.0 Å². The van der Waals surface area contributed by atoms with Gasteiger partial charge < -0.3 is 29.7 Å². The molecule has 4 heterocycles. The quantitative estimate of drug-likeness (QED) is 0.284. The van der Waals surface area contributed by atoms with Crippen molar-refractivity contribution in [3.05, 3.63) is 130 Å². The predicted octanol–water partition coefficient (Wildman–Crippen LogP) is 4.37. The molecule has 3 aromatic carbocycles. The molecule has 0 aromatic heterocycles. The molecule has 2 saturated heterocycles. The Labute approximate surface area is 298 Å². The number of carbonyl (C=O) groups is 4. The van der Waals surface area contributed by atoms with Crippen molar-refractivity contribution in [1.82, 2.24) is 15.1 Å². The summed E-state index contributed by atoms with van der Waals surface area (Å²) in [6.45, 7) is -0.132. The van der Waals surface area contributed by atoms with Gasteiger partial charge in [0.05, 0.1) is 30.5 Å². The third-order valence-electron chi connectivity index (χ3n) is 10.1. The Morgan fingerprint density at radius 1 is 0.900 bits per heavy atom. The molecule has 1 spiro atoms. The monoisotopic (exact) mass is 739 g/mol. The van der Waals surface area contributed by atoms with Crippen molar-refractivity contribution >= 4 is 39.6 Å². The van der Waals surface area contributed by atoms with Gasteiger partial charge in [0.1, 0.15) is 24.4 Å². The highest BCUT2D eigenvalue weighted by Gasteiger charge is 2.75. The minimum absolute atomic E-state index is 0.101. The van der Waals surface area contributed by atoms with Gasteiger partial charge in [0.2, 0.25) is 17.7 Å². The predicted molar refractivity (Wildman–Crippen MR) is 187 cm³/mol. The molecule has 5 bridgehead atoms. The smallest absolute Gasteiger partial charge is 0.306 e. The van der Waals surface area contributed by atoms with Crippen molar-refractivity contribution in [1.29, 1.82) is 0 Å². The summed E-state index contributed by atoms with van der Waals surface area (Å²) < 4.78 is 12.9. The molecule has 4 aliphatic rings. The van der Waals surface area contributed by atoms with E-state index in [0.717, 1.165) is 11.1 Å². The number of aliphatic hydroxyl groups is 1. The summed E-state index contributed by atoms with van der Waals surface area (Å²) in [7, 11) is 0. The fourth-order valence-electron chi connectivity index (χ4n) is 7.75. The lowest BCUT2D eigenvalue weighted by Crippen LogP contribution is -2.56. The van der Waals surface area contributed by atoms with Crippen LogP contribution in [-0.4, -0.2) is 76.1 Å². The van der Waals surface area contributed by atoms with Gasteiger partial charge in [0.15, 0.2) is 0 Å². The molecule has 7 atom stereocenters. The lowest BCUT2D eigenvalue weighted by molar-refractivity contribution is -0.151. The summed E-state index contributed by atoms with van der Waals surface area (Å²) in [5.41, 5.74) is 0.767. The normalized spacial score (nSPS) is 29.6. The van der Waals surface area contributed by atoms with Crippen LogP contribution < -0.4 is 5.32 Å². The Hall–Kier alpha value is -4.58. The van der Waals surface area contributed by atoms with Crippen LogP contribution in [0.4, 0.5) is 0 Å². The molecular formula is C39H38BrN3O7. The Morgan fingerprint density at radius 3 is 2.28 bits per heavy atom. The van der Waals surface area contributed by atoms with Crippen LogP contribution in [0.1, 0.15) is 41.6 Å². The van der Waals surface area contributed by atoms with Crippen molar-refractivity contribution in [2.45, 2.75) is 49.2 Å². The van der Waals surface area contributed by atoms with Gasteiger partial charge in [0.25, 0.3) is 0 Å². The highest BCUT2D eigenvalue weighted by molar-refractivity contribution is 9.11. The maximum absolute atomic E-state index is 15.1. The summed E-state index contributed by atoms with van der Waals surface area (Å²) in [5.74, 6) is -3.80. The van der Waals surface area contributed by atoms with Crippen LogP contribution in [0.3, 0.4) is 0 Å². The number of nitrogens with one attached hydrogen (secondary N) is 1. The zero-order chi connectivity index (χ0) is 34.8. The number of carbonyl (C=O) groups excluding carboxylic acids is 4. The first-order chi connectivity index (χ1) is 24.3. The van der Waals surface area contributed by atoms with Crippen molar-refractivity contribution in [2.24, 2.45) is 11.8 Å². The number of esters is 1. The van der Waals surface area contributed by atoms with E-state index in [-0.39, 0.29) is 32.0 Å². The van der Waals surface area contributed by atoms with Crippen molar-refractivity contribution in [2.75, 3.05) is 19.8 Å². The maximum Gasteiger partial charge on any atom is 0.306 e. The Balaban J connectivity index is 1.35. The summed E-state index contributed by atoms with van der Waals surface area (Å²) in [4.78, 5) is 60.4. The number of hydrogen-bond donors (Lipinski definition) is 2. The summed E-state index contributed by atoms with van der Waals surface area (Å²) in [5, 5.41) is 13.9. The molecule has 2 N–H and O–H groups in total. The molecule has 0 aliphatic carbocycles. The molecule has 7 rings (SSSR count). The van der Waals surface area contributed by atoms with Crippen molar-refractivity contribution < 1.29 is 33.8 Å². The highest BCUT2D eigenvalue weighted by Crippen LogP contribution is 2.60. The summed E-state index contributed by atoms with van der Waals surface area (Å²) in [6.07, 6.45) is 5.13. The minimum Gasteiger partial charge on any atom is -0.463 e. The average molecular weight is 741 g/mol. The first kappa shape index (κ1) is 33.9. The van der Waals surface area contributed by atoms with Crippen LogP contribution >= 0.6 is 15.9 Å². The van der Waals surface area contributed by atoms with Gasteiger partial charge in [-0.1, -0.05) is 119 Å². The second-order valence-corrected chi connectivity index (χ2v) is 14.0. The van der Waals surface area contributed by atoms with E-state index in [9.17, 15) is 19.5 Å². The Bertz CT molecular complexity index is 1800. The van der Waals surface area contributed by atoms with Gasteiger partial charge in [-0.3, -0.25) is 19.2 Å². The standard InChI is InChI=1S/C39H38BrN3O7/c40-28-21-39-33-32(34(28)50-39)36(46)41-29(26-15-7-2-8-16-26)24-49-31(45)19-11-4-12-20-42(22-25-13-5-1-6-14-25)38(48)35(39)43(37(33)47)30(23-44)27-17-9-3-10-18-27/h1-10,12-18,21,29-30,32-35,44H,11,19-20,22-24H2,(H,41,46)/b12-4-/t29-,30+,32-,33+,34-,35-,39+/m0/s1. The summed E-state index contributed by atoms with van der Waals surface area (Å²) >= 11 is 3.62. The van der Waals surface area contributed by atoms with E-state index in [0.29, 0.717) is 16.5 Å². The van der Waals surface area contributed by atoms with E-state index >= 15 is 4.79 Å². The largest absolute Gasteiger partial charge is 0.463 e. The number of ether oxygens (including phenoxy) is 2. The number of likely N-dealkylation sites (tertiary alicyclic amines) is 1. The number of aliphatic hydroxyl groups excluding tert-OH is 1. The number of nitrogens with zero attached hydrogens (tertiary/aromatic N) is 2. The molecular weight excluding hydrogens is 702 g/mol. The number of benzene rings is 3. The third kappa shape index (κ3) is 6.18. The van der Waals surface area contributed by atoms with Gasteiger partial charge >= 0.3 is 5.97 Å². The van der Waals surface area contributed by atoms with Gasteiger partial charge in [-0.15, -0.1) is 0 Å². The van der Waals surface area contributed by atoms with E-state index < -0.39 is 66.1 Å². The molecule has 10 nitrogen and oxygen atoms in total.